The molecule has 0 bridgehead atoms. The normalized spacial score (nSPS) is 11.1. The van der Waals surface area contributed by atoms with E-state index in [0.717, 1.165) is 15.9 Å². The summed E-state index contributed by atoms with van der Waals surface area (Å²) in [6, 6.07) is 12.3. The van der Waals surface area contributed by atoms with Gasteiger partial charge in [-0.1, -0.05) is 30.3 Å². The summed E-state index contributed by atoms with van der Waals surface area (Å²) in [6.07, 6.45) is 0. The molecule has 1 aromatic heterocycles. The lowest BCUT2D eigenvalue weighted by atomic mass is 10.1. The molecule has 0 saturated carbocycles. The van der Waals surface area contributed by atoms with Crippen molar-refractivity contribution in [2.75, 3.05) is 5.73 Å². The number of rotatable bonds is 0. The van der Waals surface area contributed by atoms with Gasteiger partial charge in [-0.25, -0.2) is 0 Å². The maximum Gasteiger partial charge on any atom is 0.114 e. The van der Waals surface area contributed by atoms with Crippen LogP contribution in [0.3, 0.4) is 0 Å². The molecule has 0 fully saturated rings. The molecule has 0 aliphatic rings. The molecule has 0 unspecified atom stereocenters. The van der Waals surface area contributed by atoms with E-state index in [9.17, 15) is 0 Å². The van der Waals surface area contributed by atoms with E-state index < -0.39 is 0 Å². The summed E-state index contributed by atoms with van der Waals surface area (Å²) in [4.78, 5) is 0. The lowest BCUT2D eigenvalue weighted by Crippen LogP contribution is -1.79. The van der Waals surface area contributed by atoms with Crippen molar-refractivity contribution in [3.8, 4) is 0 Å². The first-order valence-electron chi connectivity index (χ1n) is 4.39. The zero-order chi connectivity index (χ0) is 9.54. The summed E-state index contributed by atoms with van der Waals surface area (Å²) in [7, 11) is 0. The Balaban J connectivity index is 2.61. The van der Waals surface area contributed by atoms with E-state index in [2.05, 4.69) is 22.6 Å². The molecule has 0 amide bonds. The summed E-state index contributed by atoms with van der Waals surface area (Å²) in [5.74, 6) is 0. The third kappa shape index (κ3) is 0.930. The molecule has 3 heteroatoms. The minimum Gasteiger partial charge on any atom is -0.389 e. The van der Waals surface area contributed by atoms with Crippen LogP contribution in [0.1, 0.15) is 0 Å². The van der Waals surface area contributed by atoms with Crippen molar-refractivity contribution in [1.29, 1.82) is 0 Å². The van der Waals surface area contributed by atoms with Crippen molar-refractivity contribution in [3.05, 3.63) is 36.4 Å². The first-order chi connectivity index (χ1) is 6.86. The summed E-state index contributed by atoms with van der Waals surface area (Å²) in [6.45, 7) is 0. The van der Waals surface area contributed by atoms with Crippen molar-refractivity contribution < 1.29 is 0 Å². The third-order valence-electron chi connectivity index (χ3n) is 2.40. The van der Waals surface area contributed by atoms with Crippen LogP contribution in [0.4, 0.5) is 5.00 Å². The molecule has 1 heterocycles. The average Bonchev–Trinajstić information content (AvgIpc) is 2.61. The number of nitrogens with two attached hydrogens (primary N) is 1. The fourth-order valence-corrected chi connectivity index (χ4v) is 2.35. The van der Waals surface area contributed by atoms with Crippen LogP contribution in [0.25, 0.3) is 21.7 Å². The van der Waals surface area contributed by atoms with Crippen molar-refractivity contribution in [2.45, 2.75) is 0 Å². The third-order valence-corrected chi connectivity index (χ3v) is 3.09. The quantitative estimate of drug-likeness (QED) is 0.605. The Kier molecular flexibility index (Phi) is 1.49. The topological polar surface area (TPSA) is 38.9 Å². The number of benzene rings is 2. The molecule has 0 aliphatic carbocycles. The van der Waals surface area contributed by atoms with E-state index in [4.69, 9.17) is 5.73 Å². The van der Waals surface area contributed by atoms with Crippen LogP contribution in [0.15, 0.2) is 36.4 Å². The van der Waals surface area contributed by atoms with Gasteiger partial charge in [0.25, 0.3) is 0 Å². The van der Waals surface area contributed by atoms with Crippen LogP contribution in [-0.4, -0.2) is 4.37 Å². The molecule has 0 radical (unpaired) electrons. The van der Waals surface area contributed by atoms with Crippen LogP contribution >= 0.6 is 11.5 Å². The Morgan fingerprint density at radius 2 is 1.86 bits per heavy atom. The van der Waals surface area contributed by atoms with Crippen LogP contribution in [0.5, 0.6) is 0 Å². The lowest BCUT2D eigenvalue weighted by Gasteiger charge is -1.97. The van der Waals surface area contributed by atoms with Crippen LogP contribution in [0, 0.1) is 0 Å². The van der Waals surface area contributed by atoms with Gasteiger partial charge in [-0.05, 0) is 23.0 Å². The molecule has 3 aromatic rings. The highest BCUT2D eigenvalue weighted by molar-refractivity contribution is 7.11. The van der Waals surface area contributed by atoms with E-state index in [1.54, 1.807) is 0 Å². The highest BCUT2D eigenvalue weighted by Gasteiger charge is 2.05. The van der Waals surface area contributed by atoms with Gasteiger partial charge in [0.2, 0.25) is 0 Å². The van der Waals surface area contributed by atoms with Crippen molar-refractivity contribution >= 4 is 38.2 Å². The molecule has 0 saturated heterocycles. The van der Waals surface area contributed by atoms with Gasteiger partial charge in [-0.2, -0.15) is 4.37 Å². The number of fused-ring (bicyclic) bond motifs is 3. The number of aromatic nitrogens is 1. The second kappa shape index (κ2) is 2.69. The first kappa shape index (κ1) is 7.76. The Bertz CT molecular complexity index is 613. The smallest absolute Gasteiger partial charge is 0.114 e. The SMILES string of the molecule is Nc1snc2c1ccc1ccccc12. The van der Waals surface area contributed by atoms with Crippen LogP contribution < -0.4 is 5.73 Å². The number of anilines is 1. The standard InChI is InChI=1S/C11H8N2S/c12-11-9-6-5-7-3-1-2-4-8(7)10(9)13-14-11/h1-6H,12H2. The summed E-state index contributed by atoms with van der Waals surface area (Å²) >= 11 is 1.36. The van der Waals surface area contributed by atoms with Gasteiger partial charge in [0, 0.05) is 10.8 Å². The lowest BCUT2D eigenvalue weighted by molar-refractivity contribution is 1.69. The molecule has 2 aromatic carbocycles. The Morgan fingerprint density at radius 1 is 1.00 bits per heavy atom. The van der Waals surface area contributed by atoms with Gasteiger partial charge in [-0.3, -0.25) is 0 Å². The van der Waals surface area contributed by atoms with Crippen molar-refractivity contribution in [3.63, 3.8) is 0 Å². The van der Waals surface area contributed by atoms with Gasteiger partial charge in [-0.15, -0.1) is 0 Å². The minimum atomic E-state index is 0.797. The Labute approximate surface area is 85.1 Å². The molecule has 0 spiro atoms. The first-order valence-corrected chi connectivity index (χ1v) is 5.16. The van der Waals surface area contributed by atoms with Crippen LogP contribution in [-0.2, 0) is 0 Å². The Hall–Kier alpha value is -1.61. The largest absolute Gasteiger partial charge is 0.389 e. The van der Waals surface area contributed by atoms with Gasteiger partial charge < -0.3 is 5.73 Å². The van der Waals surface area contributed by atoms with E-state index in [-0.39, 0.29) is 0 Å². The van der Waals surface area contributed by atoms with Crippen molar-refractivity contribution in [1.82, 2.24) is 4.37 Å². The molecule has 2 nitrogen and oxygen atoms in total. The zero-order valence-electron chi connectivity index (χ0n) is 7.40. The number of nitrogen functional groups attached to an aromatic ring is 1. The zero-order valence-corrected chi connectivity index (χ0v) is 8.21. The van der Waals surface area contributed by atoms with Gasteiger partial charge >= 0.3 is 0 Å². The Morgan fingerprint density at radius 3 is 2.79 bits per heavy atom. The number of hydrogen-bond donors (Lipinski definition) is 1. The molecule has 2 N–H and O–H groups in total. The monoisotopic (exact) mass is 200 g/mol. The molecule has 3 rings (SSSR count). The molecule has 0 atom stereocenters. The van der Waals surface area contributed by atoms with E-state index >= 15 is 0 Å². The highest BCUT2D eigenvalue weighted by atomic mass is 32.1. The molecular weight excluding hydrogens is 192 g/mol. The minimum absolute atomic E-state index is 0.797. The van der Waals surface area contributed by atoms with E-state index in [1.807, 2.05) is 18.2 Å². The van der Waals surface area contributed by atoms with Crippen molar-refractivity contribution in [2.24, 2.45) is 0 Å². The van der Waals surface area contributed by atoms with Gasteiger partial charge in [0.1, 0.15) is 5.00 Å². The predicted octanol–water partition coefficient (Wildman–Crippen LogP) is 3.03. The van der Waals surface area contributed by atoms with Gasteiger partial charge in [0.05, 0.1) is 5.52 Å². The van der Waals surface area contributed by atoms with Gasteiger partial charge in [0.15, 0.2) is 0 Å². The number of hydrogen-bond acceptors (Lipinski definition) is 3. The summed E-state index contributed by atoms with van der Waals surface area (Å²) in [5.41, 5.74) is 6.84. The fourth-order valence-electron chi connectivity index (χ4n) is 1.70. The highest BCUT2D eigenvalue weighted by Crippen LogP contribution is 2.30. The van der Waals surface area contributed by atoms with Crippen LogP contribution in [0.2, 0.25) is 0 Å². The fraction of sp³-hybridized carbons (Fsp3) is 0. The maximum atomic E-state index is 5.82. The number of nitrogens with zero attached hydrogens (tertiary/aromatic N) is 1. The molecular formula is C11H8N2S. The van der Waals surface area contributed by atoms with E-state index in [1.165, 1.54) is 22.3 Å². The second-order valence-corrected chi connectivity index (χ2v) is 4.03. The molecule has 0 aliphatic heterocycles. The molecule has 14 heavy (non-hydrogen) atoms. The maximum absolute atomic E-state index is 5.82. The predicted molar refractivity (Wildman–Crippen MR) is 61.5 cm³/mol. The van der Waals surface area contributed by atoms with E-state index in [0.29, 0.717) is 0 Å². The summed E-state index contributed by atoms with van der Waals surface area (Å²) < 4.78 is 4.36. The molecule has 68 valence electrons. The second-order valence-electron chi connectivity index (χ2n) is 3.23. The average molecular weight is 200 g/mol. The summed E-state index contributed by atoms with van der Waals surface area (Å²) in [5, 5.41) is 4.25.